The van der Waals surface area contributed by atoms with Crippen LogP contribution in [0, 0.1) is 11.3 Å². The Labute approximate surface area is 353 Å². The summed E-state index contributed by atoms with van der Waals surface area (Å²) in [6, 6.07) is 42.9. The van der Waals surface area contributed by atoms with Gasteiger partial charge in [-0.05, 0) is 143 Å². The van der Waals surface area contributed by atoms with E-state index in [1.165, 1.54) is 90.8 Å². The van der Waals surface area contributed by atoms with Gasteiger partial charge in [0.15, 0.2) is 0 Å². The Hall–Kier alpha value is -5.20. The summed E-state index contributed by atoms with van der Waals surface area (Å²) in [5, 5.41) is 1.41. The molecule has 2 atom stereocenters. The maximum Gasteiger partial charge on any atom is 0.0598 e. The smallest absolute Gasteiger partial charge is 0.0598 e. The molecule has 5 heteroatoms. The molecule has 3 heterocycles. The molecule has 0 N–H and O–H groups in total. The van der Waals surface area contributed by atoms with Crippen molar-refractivity contribution in [3.8, 4) is 0 Å². The molecular weight excluding hydrogens is 761 g/mol. The van der Waals surface area contributed by atoms with E-state index in [1.807, 2.05) is 34.9 Å². The van der Waals surface area contributed by atoms with Crippen molar-refractivity contribution in [1.29, 1.82) is 0 Å². The van der Waals surface area contributed by atoms with Crippen molar-refractivity contribution in [2.45, 2.75) is 65.2 Å². The summed E-state index contributed by atoms with van der Waals surface area (Å²) in [4.78, 5) is 11.8. The van der Waals surface area contributed by atoms with Crippen molar-refractivity contribution in [3.05, 3.63) is 190 Å². The third kappa shape index (κ3) is 5.47. The number of hydrogen-bond donors (Lipinski definition) is 0. The zero-order valence-electron chi connectivity index (χ0n) is 32.6. The highest BCUT2D eigenvalue weighted by Crippen LogP contribution is 2.58. The van der Waals surface area contributed by atoms with Crippen LogP contribution < -0.4 is 9.80 Å². The molecule has 12 rings (SSSR count). The number of anilines is 4. The van der Waals surface area contributed by atoms with E-state index in [2.05, 4.69) is 181 Å². The highest BCUT2D eigenvalue weighted by Gasteiger charge is 2.43. The summed E-state index contributed by atoms with van der Waals surface area (Å²) >= 11 is 5.70. The van der Waals surface area contributed by atoms with Crippen molar-refractivity contribution in [3.63, 3.8) is 0 Å². The minimum atomic E-state index is -0.0459. The lowest BCUT2D eigenvalue weighted by molar-refractivity contribution is 0.563. The maximum absolute atomic E-state index is 2.59. The Kier molecular flexibility index (Phi) is 8.05. The van der Waals surface area contributed by atoms with Crippen molar-refractivity contribution < 1.29 is 0 Å². The maximum atomic E-state index is 2.59. The summed E-state index contributed by atoms with van der Waals surface area (Å²) in [5.74, 6) is 0.372. The van der Waals surface area contributed by atoms with Crippen LogP contribution in [0.3, 0.4) is 0 Å². The van der Waals surface area contributed by atoms with Crippen LogP contribution in [-0.2, 0) is 6.42 Å². The Morgan fingerprint density at radius 3 is 2.05 bits per heavy atom. The Balaban J connectivity index is 0.821. The number of thiophene rings is 1. The fourth-order valence-electron chi connectivity index (χ4n) is 10.2. The molecule has 0 saturated heterocycles. The molecule has 2 unspecified atom stereocenters. The Morgan fingerprint density at radius 1 is 0.724 bits per heavy atom. The molecule has 2 nitrogen and oxygen atoms in total. The van der Waals surface area contributed by atoms with Crippen molar-refractivity contribution in [2.75, 3.05) is 9.80 Å². The molecule has 6 aromatic rings. The van der Waals surface area contributed by atoms with Gasteiger partial charge in [0.2, 0.25) is 0 Å². The van der Waals surface area contributed by atoms with Gasteiger partial charge < -0.3 is 9.80 Å². The van der Waals surface area contributed by atoms with E-state index in [0.717, 1.165) is 25.7 Å². The minimum Gasteiger partial charge on any atom is -0.332 e. The number of nitrogens with zero attached hydrogens (tertiary/aromatic N) is 2. The number of para-hydroxylation sites is 4. The molecule has 5 aromatic carbocycles. The van der Waals surface area contributed by atoms with Gasteiger partial charge in [-0.15, -0.1) is 11.3 Å². The average Bonchev–Trinajstić information content (AvgIpc) is 3.73. The van der Waals surface area contributed by atoms with Crippen LogP contribution in [0.4, 0.5) is 22.7 Å². The lowest BCUT2D eigenvalue weighted by Crippen LogP contribution is -2.34. The van der Waals surface area contributed by atoms with E-state index in [9.17, 15) is 0 Å². The molecule has 1 aromatic heterocycles. The third-order valence-corrected chi connectivity index (χ3v) is 16.4. The molecule has 0 fully saturated rings. The number of allylic oxidation sites excluding steroid dienone is 9. The van der Waals surface area contributed by atoms with Crippen LogP contribution in [0.1, 0.15) is 49.1 Å². The van der Waals surface area contributed by atoms with Gasteiger partial charge >= 0.3 is 0 Å². The van der Waals surface area contributed by atoms with Crippen LogP contribution in [0.2, 0.25) is 0 Å². The van der Waals surface area contributed by atoms with Crippen LogP contribution >= 0.6 is 34.9 Å². The van der Waals surface area contributed by atoms with Crippen LogP contribution in [0.5, 0.6) is 0 Å². The summed E-state index contributed by atoms with van der Waals surface area (Å²) < 4.78 is 1.38. The highest BCUT2D eigenvalue weighted by molar-refractivity contribution is 8.00. The van der Waals surface area contributed by atoms with E-state index in [4.69, 9.17) is 0 Å². The topological polar surface area (TPSA) is 6.48 Å². The van der Waals surface area contributed by atoms with Crippen LogP contribution in [-0.4, -0.2) is 6.04 Å². The summed E-state index contributed by atoms with van der Waals surface area (Å²) in [6.45, 7) is 4.90. The molecule has 0 spiro atoms. The first-order valence-electron chi connectivity index (χ1n) is 20.6. The van der Waals surface area contributed by atoms with E-state index < -0.39 is 0 Å². The van der Waals surface area contributed by atoms with Gasteiger partial charge in [-0.3, -0.25) is 0 Å². The first-order chi connectivity index (χ1) is 28.5. The quantitative estimate of drug-likeness (QED) is 0.175. The minimum absolute atomic E-state index is 0.0459. The first-order valence-corrected chi connectivity index (χ1v) is 23.0. The first kappa shape index (κ1) is 34.8. The lowest BCUT2D eigenvalue weighted by atomic mass is 9.76. The number of fused-ring (bicyclic) bond motifs is 9. The Morgan fingerprint density at radius 2 is 1.36 bits per heavy atom. The number of rotatable bonds is 4. The van der Waals surface area contributed by atoms with Crippen molar-refractivity contribution >= 4 is 79.8 Å². The zero-order valence-corrected chi connectivity index (χ0v) is 35.1. The predicted octanol–water partition coefficient (Wildman–Crippen LogP) is 15.3. The summed E-state index contributed by atoms with van der Waals surface area (Å²) in [6.07, 6.45) is 21.5. The van der Waals surface area contributed by atoms with E-state index in [-0.39, 0.29) is 11.5 Å². The second kappa shape index (κ2) is 13.4. The van der Waals surface area contributed by atoms with Gasteiger partial charge in [0.05, 0.1) is 28.8 Å². The number of benzene rings is 5. The van der Waals surface area contributed by atoms with Gasteiger partial charge in [-0.1, -0.05) is 122 Å². The summed E-state index contributed by atoms with van der Waals surface area (Å²) in [7, 11) is 0. The van der Waals surface area contributed by atoms with Gasteiger partial charge in [0.25, 0.3) is 0 Å². The van der Waals surface area contributed by atoms with E-state index in [1.54, 1.807) is 5.57 Å². The van der Waals surface area contributed by atoms with Gasteiger partial charge in [0, 0.05) is 40.3 Å². The molecular formula is C53H42N2S3. The van der Waals surface area contributed by atoms with Crippen LogP contribution in [0.25, 0.3) is 22.2 Å². The fraction of sp³-hybridized carbons (Fsp3) is 0.170. The van der Waals surface area contributed by atoms with Gasteiger partial charge in [-0.25, -0.2) is 0 Å². The summed E-state index contributed by atoms with van der Waals surface area (Å²) in [5.41, 5.74) is 15.4. The molecule has 58 heavy (non-hydrogen) atoms. The zero-order chi connectivity index (χ0) is 38.5. The molecule has 282 valence electrons. The second-order valence-corrected chi connectivity index (χ2v) is 20.0. The second-order valence-electron chi connectivity index (χ2n) is 16.7. The molecule has 4 aliphatic carbocycles. The molecule has 6 aliphatic rings. The highest BCUT2D eigenvalue weighted by atomic mass is 32.2. The van der Waals surface area contributed by atoms with Gasteiger partial charge in [-0.2, -0.15) is 0 Å². The van der Waals surface area contributed by atoms with E-state index in [0.29, 0.717) is 5.92 Å². The fourth-order valence-corrected chi connectivity index (χ4v) is 13.5. The predicted molar refractivity (Wildman–Crippen MR) is 248 cm³/mol. The third-order valence-electron chi connectivity index (χ3n) is 13.0. The number of hydrogen-bond acceptors (Lipinski definition) is 5. The van der Waals surface area contributed by atoms with Crippen LogP contribution in [0.15, 0.2) is 193 Å². The normalized spacial score (nSPS) is 21.0. The molecule has 0 saturated carbocycles. The Bertz CT molecular complexity index is 2820. The monoisotopic (exact) mass is 802 g/mol. The molecule has 0 radical (unpaired) electrons. The van der Waals surface area contributed by atoms with Crippen molar-refractivity contribution in [2.24, 2.45) is 11.3 Å². The standard InChI is InChI=1S/C53H42N2S3/c1-53(2)41-30-34(21-25-37(41)38-26-23-36(32-42(38)53)55-45-13-5-9-17-51(45)58-52-18-10-6-14-46(52)55)20-19-33-22-27-47-39(29-33)40-31-35(24-28-48(40)56-47)54-43-11-3-7-15-49(43)57-50-16-8-4-12-44(50)54/h3-20,22,24-25,27-30,32,34-35H,21,23,26,31H2,1-2H3/b20-19+. The van der Waals surface area contributed by atoms with Gasteiger partial charge in [0.1, 0.15) is 0 Å². The SMILES string of the molecule is CC1(C)C2=CC(/C=C/c3ccc4sc5c(c4c3)CC(N3c4ccccc4Sc4ccccc43)C=C5)CC=C2C2=C1C=C(N1c3ccccc3Sc3ccccc31)CC2. The molecule has 2 aliphatic heterocycles. The van der Waals surface area contributed by atoms with Crippen molar-refractivity contribution in [1.82, 2.24) is 0 Å². The molecule has 0 amide bonds. The largest absolute Gasteiger partial charge is 0.332 e. The average molecular weight is 803 g/mol. The lowest BCUT2D eigenvalue weighted by Gasteiger charge is -2.38. The van der Waals surface area contributed by atoms with E-state index >= 15 is 0 Å². The molecule has 0 bridgehead atoms.